The number of para-hydroxylation sites is 1. The summed E-state index contributed by atoms with van der Waals surface area (Å²) in [6.45, 7) is 0.549. The Morgan fingerprint density at radius 2 is 2.10 bits per heavy atom. The molecule has 1 aliphatic rings. The lowest BCUT2D eigenvalue weighted by atomic mass is 10.1. The minimum atomic E-state index is -2.05. The van der Waals surface area contributed by atoms with E-state index < -0.39 is 35.6 Å². The number of amides is 1. The van der Waals surface area contributed by atoms with Crippen molar-refractivity contribution in [2.45, 2.75) is 12.5 Å². The van der Waals surface area contributed by atoms with Crippen LogP contribution in [0.2, 0.25) is 0 Å². The van der Waals surface area contributed by atoms with Crippen LogP contribution in [0.25, 0.3) is 0 Å². The van der Waals surface area contributed by atoms with Gasteiger partial charge in [0.25, 0.3) is 11.7 Å². The molecule has 0 saturated heterocycles. The SMILES string of the molecule is COC(=O)C(C)(O)CN1C(=O)C(=O)c2cccc(F)c21. The van der Waals surface area contributed by atoms with Crippen molar-refractivity contribution in [3.63, 3.8) is 0 Å². The first-order chi connectivity index (χ1) is 9.29. The summed E-state index contributed by atoms with van der Waals surface area (Å²) in [4.78, 5) is 35.7. The molecule has 0 bridgehead atoms. The van der Waals surface area contributed by atoms with Crippen molar-refractivity contribution in [1.82, 2.24) is 0 Å². The summed E-state index contributed by atoms with van der Waals surface area (Å²) in [5.41, 5.74) is -2.36. The molecule has 0 aromatic heterocycles. The number of carbonyl (C=O) groups excluding carboxylic acids is 3. The molecular formula is C13H12FNO5. The summed E-state index contributed by atoms with van der Waals surface area (Å²) >= 11 is 0. The molecule has 0 spiro atoms. The average molecular weight is 281 g/mol. The molecule has 1 aromatic rings. The smallest absolute Gasteiger partial charge is 0.339 e. The Morgan fingerprint density at radius 3 is 2.70 bits per heavy atom. The largest absolute Gasteiger partial charge is 0.467 e. The van der Waals surface area contributed by atoms with Crippen molar-refractivity contribution in [2.24, 2.45) is 0 Å². The summed E-state index contributed by atoms with van der Waals surface area (Å²) in [6.07, 6.45) is 0. The Labute approximate surface area is 113 Å². The predicted molar refractivity (Wildman–Crippen MR) is 65.7 cm³/mol. The third-order valence-corrected chi connectivity index (χ3v) is 3.03. The van der Waals surface area contributed by atoms with Gasteiger partial charge in [-0.3, -0.25) is 14.5 Å². The van der Waals surface area contributed by atoms with E-state index in [1.807, 2.05) is 0 Å². The number of aliphatic hydroxyl groups is 1. The number of carbonyl (C=O) groups is 3. The van der Waals surface area contributed by atoms with Gasteiger partial charge < -0.3 is 9.84 Å². The average Bonchev–Trinajstić information content (AvgIpc) is 2.64. The minimum Gasteiger partial charge on any atom is -0.467 e. The molecule has 1 N–H and O–H groups in total. The van der Waals surface area contributed by atoms with Crippen LogP contribution in [0.4, 0.5) is 10.1 Å². The van der Waals surface area contributed by atoms with E-state index >= 15 is 0 Å². The molecule has 1 amide bonds. The molecule has 0 radical (unpaired) electrons. The van der Waals surface area contributed by atoms with Crippen LogP contribution in [0.5, 0.6) is 0 Å². The molecule has 1 aliphatic heterocycles. The molecule has 0 saturated carbocycles. The van der Waals surface area contributed by atoms with E-state index in [4.69, 9.17) is 0 Å². The van der Waals surface area contributed by atoms with Crippen LogP contribution in [0.3, 0.4) is 0 Å². The van der Waals surface area contributed by atoms with E-state index in [-0.39, 0.29) is 11.3 Å². The summed E-state index contributed by atoms with van der Waals surface area (Å²) in [5.74, 6) is -3.63. The normalized spacial score (nSPS) is 16.9. The van der Waals surface area contributed by atoms with Crippen LogP contribution in [0, 0.1) is 5.82 Å². The van der Waals surface area contributed by atoms with Crippen LogP contribution < -0.4 is 4.90 Å². The standard InChI is InChI=1S/C13H12FNO5/c1-13(19,12(18)20-2)6-15-9-7(10(16)11(15)17)4-3-5-8(9)14/h3-5,19H,6H2,1-2H3. The molecule has 1 aromatic carbocycles. The van der Waals surface area contributed by atoms with E-state index in [0.29, 0.717) is 0 Å². The third kappa shape index (κ3) is 2.05. The van der Waals surface area contributed by atoms with Gasteiger partial charge in [0.05, 0.1) is 24.9 Å². The van der Waals surface area contributed by atoms with Crippen LogP contribution in [-0.2, 0) is 14.3 Å². The number of benzene rings is 1. The number of β-amino-alcohol motifs (C(OH)–C–C–N with tert-alkyl or cyclic N) is 1. The van der Waals surface area contributed by atoms with Gasteiger partial charge in [0.1, 0.15) is 5.82 Å². The zero-order chi connectivity index (χ0) is 15.1. The molecule has 1 heterocycles. The number of fused-ring (bicyclic) bond motifs is 1. The van der Waals surface area contributed by atoms with Gasteiger partial charge in [-0.1, -0.05) is 6.07 Å². The number of methoxy groups -OCH3 is 1. The zero-order valence-electron chi connectivity index (χ0n) is 10.8. The first kappa shape index (κ1) is 14.1. The molecule has 106 valence electrons. The Kier molecular flexibility index (Phi) is 3.31. The van der Waals surface area contributed by atoms with Gasteiger partial charge in [-0.25, -0.2) is 9.18 Å². The first-order valence-electron chi connectivity index (χ1n) is 5.75. The summed E-state index contributed by atoms with van der Waals surface area (Å²) in [7, 11) is 1.07. The van der Waals surface area contributed by atoms with Gasteiger partial charge in [0, 0.05) is 0 Å². The van der Waals surface area contributed by atoms with Gasteiger partial charge in [0.2, 0.25) is 0 Å². The second kappa shape index (κ2) is 4.68. The maximum absolute atomic E-state index is 13.8. The lowest BCUT2D eigenvalue weighted by Crippen LogP contribution is -2.49. The number of anilines is 1. The number of rotatable bonds is 3. The number of halogens is 1. The highest BCUT2D eigenvalue weighted by atomic mass is 19.1. The monoisotopic (exact) mass is 281 g/mol. The molecule has 1 atom stereocenters. The molecule has 0 fully saturated rings. The van der Waals surface area contributed by atoms with Crippen LogP contribution in [0.15, 0.2) is 18.2 Å². The van der Waals surface area contributed by atoms with Crippen molar-refractivity contribution in [3.05, 3.63) is 29.6 Å². The highest BCUT2D eigenvalue weighted by Gasteiger charge is 2.43. The maximum atomic E-state index is 13.8. The lowest BCUT2D eigenvalue weighted by molar-refractivity contribution is -0.159. The number of esters is 1. The van der Waals surface area contributed by atoms with Crippen molar-refractivity contribution < 1.29 is 28.6 Å². The zero-order valence-corrected chi connectivity index (χ0v) is 10.8. The Morgan fingerprint density at radius 1 is 1.45 bits per heavy atom. The predicted octanol–water partition coefficient (Wildman–Crippen LogP) is 0.279. The highest BCUT2D eigenvalue weighted by Crippen LogP contribution is 2.32. The lowest BCUT2D eigenvalue weighted by Gasteiger charge is -2.26. The Hall–Kier alpha value is -2.28. The van der Waals surface area contributed by atoms with Gasteiger partial charge in [-0.15, -0.1) is 0 Å². The second-order valence-corrected chi connectivity index (χ2v) is 4.62. The van der Waals surface area contributed by atoms with Crippen molar-refractivity contribution >= 4 is 23.3 Å². The Balaban J connectivity index is 2.43. The van der Waals surface area contributed by atoms with Crippen LogP contribution in [-0.4, -0.2) is 42.0 Å². The fourth-order valence-electron chi connectivity index (χ4n) is 2.06. The van der Waals surface area contributed by atoms with Crippen molar-refractivity contribution in [3.8, 4) is 0 Å². The second-order valence-electron chi connectivity index (χ2n) is 4.62. The number of ketones is 1. The van der Waals surface area contributed by atoms with Gasteiger partial charge in [-0.2, -0.15) is 0 Å². The molecule has 1 unspecified atom stereocenters. The maximum Gasteiger partial charge on any atom is 0.339 e. The summed E-state index contributed by atoms with van der Waals surface area (Å²) in [5, 5.41) is 9.96. The number of hydrogen-bond donors (Lipinski definition) is 1. The van der Waals surface area contributed by atoms with E-state index in [1.165, 1.54) is 12.1 Å². The fourth-order valence-corrected chi connectivity index (χ4v) is 2.06. The topological polar surface area (TPSA) is 83.9 Å². The first-order valence-corrected chi connectivity index (χ1v) is 5.75. The molecule has 7 heteroatoms. The fraction of sp³-hybridized carbons (Fsp3) is 0.308. The van der Waals surface area contributed by atoms with Crippen LogP contribution >= 0.6 is 0 Å². The number of Topliss-reactive ketones (excluding diaryl/α,β-unsaturated/α-hetero) is 1. The van der Waals surface area contributed by atoms with Gasteiger partial charge in [0.15, 0.2) is 5.60 Å². The van der Waals surface area contributed by atoms with Crippen LogP contribution in [0.1, 0.15) is 17.3 Å². The quantitative estimate of drug-likeness (QED) is 0.635. The summed E-state index contributed by atoms with van der Waals surface area (Å²) < 4.78 is 18.2. The molecule has 2 rings (SSSR count). The molecule has 6 nitrogen and oxygen atoms in total. The highest BCUT2D eigenvalue weighted by molar-refractivity contribution is 6.52. The minimum absolute atomic E-state index is 0.0873. The number of nitrogens with zero attached hydrogens (tertiary/aromatic N) is 1. The third-order valence-electron chi connectivity index (χ3n) is 3.03. The summed E-state index contributed by atoms with van der Waals surface area (Å²) in [6, 6.07) is 3.71. The molecular weight excluding hydrogens is 269 g/mol. The van der Waals surface area contributed by atoms with E-state index in [0.717, 1.165) is 25.0 Å². The molecule has 0 aliphatic carbocycles. The number of ether oxygens (including phenoxy) is 1. The van der Waals surface area contributed by atoms with E-state index in [2.05, 4.69) is 4.74 Å². The molecule has 20 heavy (non-hydrogen) atoms. The van der Waals surface area contributed by atoms with Crippen molar-refractivity contribution in [1.29, 1.82) is 0 Å². The van der Waals surface area contributed by atoms with Gasteiger partial charge in [-0.05, 0) is 19.1 Å². The van der Waals surface area contributed by atoms with E-state index in [1.54, 1.807) is 0 Å². The Bertz CT molecular complexity index is 611. The number of hydrogen-bond acceptors (Lipinski definition) is 5. The van der Waals surface area contributed by atoms with E-state index in [9.17, 15) is 23.9 Å². The van der Waals surface area contributed by atoms with Crippen molar-refractivity contribution in [2.75, 3.05) is 18.6 Å². The van der Waals surface area contributed by atoms with Gasteiger partial charge >= 0.3 is 5.97 Å².